The lowest BCUT2D eigenvalue weighted by molar-refractivity contribution is 1.01. The number of rotatable bonds is 2. The molecule has 2 heteroatoms. The lowest BCUT2D eigenvalue weighted by Gasteiger charge is -1.99. The number of nitrogens with zero attached hydrogens (tertiary/aromatic N) is 2. The van der Waals surface area contributed by atoms with Gasteiger partial charge >= 0.3 is 0 Å². The first-order chi connectivity index (χ1) is 6.95. The van der Waals surface area contributed by atoms with Crippen LogP contribution < -0.4 is 0 Å². The molecule has 1 aliphatic rings. The minimum atomic E-state index is 0.896. The Balaban J connectivity index is 2.07. The smallest absolute Gasteiger partial charge is 0.0812 e. The SMILES string of the molecule is C1=CC(N=Cc2ccccn2)=CCC1. The molecule has 0 saturated carbocycles. The highest BCUT2D eigenvalue weighted by Crippen LogP contribution is 2.10. The molecule has 1 heterocycles. The van der Waals surface area contributed by atoms with Gasteiger partial charge in [0.2, 0.25) is 0 Å². The van der Waals surface area contributed by atoms with Crippen molar-refractivity contribution in [3.8, 4) is 0 Å². The van der Waals surface area contributed by atoms with Crippen LogP contribution >= 0.6 is 0 Å². The van der Waals surface area contributed by atoms with Gasteiger partial charge in [-0.05, 0) is 31.1 Å². The van der Waals surface area contributed by atoms with Crippen molar-refractivity contribution in [3.05, 3.63) is 54.0 Å². The van der Waals surface area contributed by atoms with Gasteiger partial charge in [0.05, 0.1) is 17.6 Å². The molecule has 0 N–H and O–H groups in total. The largest absolute Gasteiger partial charge is 0.255 e. The lowest BCUT2D eigenvalue weighted by Crippen LogP contribution is -1.87. The molecule has 0 unspecified atom stereocenters. The molecule has 0 spiro atoms. The first-order valence-electron chi connectivity index (χ1n) is 4.77. The Morgan fingerprint density at radius 1 is 1.29 bits per heavy atom. The number of aliphatic imine (C=N–C) groups is 1. The fourth-order valence-corrected chi connectivity index (χ4v) is 1.29. The fraction of sp³-hybridized carbons (Fsp3) is 0.167. The van der Waals surface area contributed by atoms with Crippen molar-refractivity contribution < 1.29 is 0 Å². The molecule has 0 radical (unpaired) electrons. The first-order valence-corrected chi connectivity index (χ1v) is 4.77. The van der Waals surface area contributed by atoms with Crippen molar-refractivity contribution in [3.63, 3.8) is 0 Å². The van der Waals surface area contributed by atoms with Crippen LogP contribution in [0.5, 0.6) is 0 Å². The molecule has 70 valence electrons. The van der Waals surface area contributed by atoms with Crippen molar-refractivity contribution in [1.29, 1.82) is 0 Å². The summed E-state index contributed by atoms with van der Waals surface area (Å²) in [6.45, 7) is 0. The van der Waals surface area contributed by atoms with E-state index in [2.05, 4.69) is 22.1 Å². The van der Waals surface area contributed by atoms with Crippen molar-refractivity contribution >= 4 is 6.21 Å². The summed E-state index contributed by atoms with van der Waals surface area (Å²) in [4.78, 5) is 8.50. The highest BCUT2D eigenvalue weighted by atomic mass is 14.8. The van der Waals surface area contributed by atoms with Gasteiger partial charge in [0.15, 0.2) is 0 Å². The minimum Gasteiger partial charge on any atom is -0.255 e. The molecule has 0 atom stereocenters. The van der Waals surface area contributed by atoms with Gasteiger partial charge in [-0.3, -0.25) is 9.98 Å². The zero-order valence-electron chi connectivity index (χ0n) is 7.93. The van der Waals surface area contributed by atoms with Crippen LogP contribution in [0.1, 0.15) is 18.5 Å². The summed E-state index contributed by atoms with van der Waals surface area (Å²) in [7, 11) is 0. The van der Waals surface area contributed by atoms with Gasteiger partial charge in [-0.1, -0.05) is 18.2 Å². The summed E-state index contributed by atoms with van der Waals surface area (Å²) < 4.78 is 0. The molecule has 14 heavy (non-hydrogen) atoms. The molecule has 0 fully saturated rings. The van der Waals surface area contributed by atoms with Crippen molar-refractivity contribution in [2.24, 2.45) is 4.99 Å². The average Bonchev–Trinajstić information content (AvgIpc) is 2.29. The zero-order valence-corrected chi connectivity index (χ0v) is 7.93. The zero-order chi connectivity index (χ0) is 9.64. The lowest BCUT2D eigenvalue weighted by atomic mass is 10.1. The van der Waals surface area contributed by atoms with E-state index in [-0.39, 0.29) is 0 Å². The van der Waals surface area contributed by atoms with Gasteiger partial charge in [-0.25, -0.2) is 0 Å². The van der Waals surface area contributed by atoms with Crippen molar-refractivity contribution in [2.45, 2.75) is 12.8 Å². The summed E-state index contributed by atoms with van der Waals surface area (Å²) in [6.07, 6.45) is 12.1. The normalized spacial score (nSPS) is 15.9. The summed E-state index contributed by atoms with van der Waals surface area (Å²) in [5.74, 6) is 0. The Kier molecular flexibility index (Phi) is 2.86. The summed E-state index contributed by atoms with van der Waals surface area (Å²) >= 11 is 0. The molecule has 0 amide bonds. The fourth-order valence-electron chi connectivity index (χ4n) is 1.29. The average molecular weight is 184 g/mol. The molecule has 2 rings (SSSR count). The van der Waals surface area contributed by atoms with Crippen LogP contribution in [-0.2, 0) is 0 Å². The Bertz CT molecular complexity index is 375. The first kappa shape index (κ1) is 8.88. The molecular weight excluding hydrogens is 172 g/mol. The molecule has 1 aromatic rings. The van der Waals surface area contributed by atoms with Crippen LogP contribution in [0, 0.1) is 0 Å². The second kappa shape index (κ2) is 4.51. The number of hydrogen-bond acceptors (Lipinski definition) is 2. The Morgan fingerprint density at radius 3 is 3.00 bits per heavy atom. The number of hydrogen-bond donors (Lipinski definition) is 0. The van der Waals surface area contributed by atoms with Crippen LogP contribution in [0.3, 0.4) is 0 Å². The molecule has 2 nitrogen and oxygen atoms in total. The van der Waals surface area contributed by atoms with Gasteiger partial charge in [0.1, 0.15) is 0 Å². The molecule has 1 aliphatic carbocycles. The predicted octanol–water partition coefficient (Wildman–Crippen LogP) is 2.73. The van der Waals surface area contributed by atoms with Crippen molar-refractivity contribution in [2.75, 3.05) is 0 Å². The van der Waals surface area contributed by atoms with Gasteiger partial charge < -0.3 is 0 Å². The van der Waals surface area contributed by atoms with Crippen LogP contribution in [0.2, 0.25) is 0 Å². The number of pyridine rings is 1. The minimum absolute atomic E-state index is 0.896. The topological polar surface area (TPSA) is 25.2 Å². The van der Waals surface area contributed by atoms with E-state index in [9.17, 15) is 0 Å². The second-order valence-corrected chi connectivity index (χ2v) is 3.12. The molecule has 0 aromatic carbocycles. The summed E-state index contributed by atoms with van der Waals surface area (Å²) in [6, 6.07) is 5.80. The summed E-state index contributed by atoms with van der Waals surface area (Å²) in [5.41, 5.74) is 1.93. The van der Waals surface area contributed by atoms with E-state index in [0.717, 1.165) is 24.2 Å². The molecule has 0 saturated heterocycles. The standard InChI is InChI=1S/C12H12N2/c1-2-6-11(7-3-1)14-10-12-8-4-5-9-13-12/h2,4-10H,1,3H2. The van der Waals surface area contributed by atoms with Crippen molar-refractivity contribution in [1.82, 2.24) is 4.98 Å². The third-order valence-electron chi connectivity index (χ3n) is 2.01. The monoisotopic (exact) mass is 184 g/mol. The quantitative estimate of drug-likeness (QED) is 0.649. The van der Waals surface area contributed by atoms with E-state index >= 15 is 0 Å². The molecular formula is C12H12N2. The number of allylic oxidation sites excluding steroid dienone is 3. The highest BCUT2D eigenvalue weighted by molar-refractivity contribution is 5.77. The van der Waals surface area contributed by atoms with Gasteiger partial charge in [-0.2, -0.15) is 0 Å². The van der Waals surface area contributed by atoms with E-state index in [4.69, 9.17) is 0 Å². The van der Waals surface area contributed by atoms with Crippen LogP contribution in [0.15, 0.2) is 53.3 Å². The highest BCUT2D eigenvalue weighted by Gasteiger charge is 1.93. The van der Waals surface area contributed by atoms with E-state index < -0.39 is 0 Å². The predicted molar refractivity (Wildman–Crippen MR) is 58.3 cm³/mol. The van der Waals surface area contributed by atoms with Crippen LogP contribution in [0.25, 0.3) is 0 Å². The second-order valence-electron chi connectivity index (χ2n) is 3.12. The number of aromatic nitrogens is 1. The Labute approximate surface area is 83.7 Å². The maximum Gasteiger partial charge on any atom is 0.0812 e. The Hall–Kier alpha value is -1.70. The maximum atomic E-state index is 4.34. The third kappa shape index (κ3) is 2.39. The van der Waals surface area contributed by atoms with E-state index in [1.165, 1.54) is 0 Å². The van der Waals surface area contributed by atoms with E-state index in [0.29, 0.717) is 0 Å². The third-order valence-corrected chi connectivity index (χ3v) is 2.01. The maximum absolute atomic E-state index is 4.34. The van der Waals surface area contributed by atoms with Crippen LogP contribution in [0.4, 0.5) is 0 Å². The summed E-state index contributed by atoms with van der Waals surface area (Å²) in [5, 5.41) is 0. The van der Waals surface area contributed by atoms with Gasteiger partial charge in [0.25, 0.3) is 0 Å². The molecule has 0 bridgehead atoms. The van der Waals surface area contributed by atoms with E-state index in [1.807, 2.05) is 24.3 Å². The van der Waals surface area contributed by atoms with Crippen LogP contribution in [-0.4, -0.2) is 11.2 Å². The van der Waals surface area contributed by atoms with Gasteiger partial charge in [0, 0.05) is 6.20 Å². The molecule has 1 aromatic heterocycles. The van der Waals surface area contributed by atoms with E-state index in [1.54, 1.807) is 12.4 Å². The molecule has 0 aliphatic heterocycles. The Morgan fingerprint density at radius 2 is 2.29 bits per heavy atom. The van der Waals surface area contributed by atoms with Gasteiger partial charge in [-0.15, -0.1) is 0 Å².